The average molecular weight is 499 g/mol. The highest BCUT2D eigenvalue weighted by Gasteiger charge is 2.28. The lowest BCUT2D eigenvalue weighted by Gasteiger charge is -2.23. The molecular formula is C26H30N2O6S. The van der Waals surface area contributed by atoms with Crippen molar-refractivity contribution < 1.29 is 27.4 Å². The van der Waals surface area contributed by atoms with Gasteiger partial charge in [0.15, 0.2) is 0 Å². The summed E-state index contributed by atoms with van der Waals surface area (Å²) in [7, 11) is -0.995. The van der Waals surface area contributed by atoms with E-state index in [0.29, 0.717) is 35.1 Å². The third-order valence-electron chi connectivity index (χ3n) is 5.29. The van der Waals surface area contributed by atoms with Gasteiger partial charge in [0.2, 0.25) is 15.9 Å². The lowest BCUT2D eigenvalue weighted by atomic mass is 10.2. The molecule has 35 heavy (non-hydrogen) atoms. The molecule has 9 heteroatoms. The molecule has 0 radical (unpaired) electrons. The number of nitrogens with one attached hydrogen (secondary N) is 1. The van der Waals surface area contributed by atoms with Crippen LogP contribution in [0.15, 0.2) is 71.6 Å². The molecule has 3 rings (SSSR count). The number of carbonyl (C=O) groups is 1. The summed E-state index contributed by atoms with van der Waals surface area (Å²) in [5.74, 6) is 1.08. The number of amides is 1. The average Bonchev–Trinajstić information content (AvgIpc) is 2.85. The van der Waals surface area contributed by atoms with Gasteiger partial charge in [-0.25, -0.2) is 8.42 Å². The zero-order valence-corrected chi connectivity index (χ0v) is 21.1. The zero-order chi connectivity index (χ0) is 25.4. The van der Waals surface area contributed by atoms with Gasteiger partial charge in [0.05, 0.1) is 38.0 Å². The van der Waals surface area contributed by atoms with Crippen LogP contribution in [-0.2, 0) is 21.4 Å². The first-order chi connectivity index (χ1) is 16.8. The van der Waals surface area contributed by atoms with Gasteiger partial charge in [0.25, 0.3) is 0 Å². The minimum absolute atomic E-state index is 0.0304. The Morgan fingerprint density at radius 1 is 0.943 bits per heavy atom. The second-order valence-electron chi connectivity index (χ2n) is 7.73. The molecule has 0 heterocycles. The molecule has 0 atom stereocenters. The van der Waals surface area contributed by atoms with E-state index < -0.39 is 22.5 Å². The Morgan fingerprint density at radius 3 is 2.31 bits per heavy atom. The Kier molecular flexibility index (Phi) is 8.73. The first-order valence-electron chi connectivity index (χ1n) is 11.1. The molecule has 0 bridgehead atoms. The monoisotopic (exact) mass is 498 g/mol. The van der Waals surface area contributed by atoms with Crippen molar-refractivity contribution in [2.24, 2.45) is 0 Å². The van der Waals surface area contributed by atoms with E-state index in [2.05, 4.69) is 5.32 Å². The van der Waals surface area contributed by atoms with Gasteiger partial charge in [-0.2, -0.15) is 4.31 Å². The largest absolute Gasteiger partial charge is 0.497 e. The number of ether oxygens (including phenoxy) is 3. The van der Waals surface area contributed by atoms with Crippen LogP contribution in [0.5, 0.6) is 17.2 Å². The third kappa shape index (κ3) is 6.52. The quantitative estimate of drug-likeness (QED) is 0.425. The van der Waals surface area contributed by atoms with Crippen molar-refractivity contribution in [2.45, 2.75) is 25.3 Å². The summed E-state index contributed by atoms with van der Waals surface area (Å²) in [6, 6.07) is 18.8. The van der Waals surface area contributed by atoms with E-state index in [1.165, 1.54) is 20.3 Å². The van der Waals surface area contributed by atoms with Crippen molar-refractivity contribution in [3.05, 3.63) is 77.9 Å². The number of hydrogen-bond acceptors (Lipinski definition) is 6. The first kappa shape index (κ1) is 26.1. The molecular weight excluding hydrogens is 468 g/mol. The molecule has 3 aromatic carbocycles. The Hall–Kier alpha value is -3.56. The van der Waals surface area contributed by atoms with E-state index in [-0.39, 0.29) is 11.4 Å². The second-order valence-corrected chi connectivity index (χ2v) is 9.67. The maximum atomic E-state index is 13.6. The summed E-state index contributed by atoms with van der Waals surface area (Å²) in [6.45, 7) is 3.76. The highest BCUT2D eigenvalue weighted by Crippen LogP contribution is 2.29. The Morgan fingerprint density at radius 2 is 1.69 bits per heavy atom. The summed E-state index contributed by atoms with van der Waals surface area (Å²) in [6.07, 6.45) is 0. The number of methoxy groups -OCH3 is 2. The molecule has 0 aromatic heterocycles. The first-order valence-corrected chi connectivity index (χ1v) is 12.5. The molecule has 8 nitrogen and oxygen atoms in total. The number of nitrogens with zero attached hydrogens (tertiary/aromatic N) is 1. The highest BCUT2D eigenvalue weighted by molar-refractivity contribution is 7.89. The fourth-order valence-electron chi connectivity index (χ4n) is 3.51. The molecule has 0 saturated carbocycles. The number of carbonyl (C=O) groups excluding carboxylic acids is 1. The maximum Gasteiger partial charge on any atom is 0.243 e. The van der Waals surface area contributed by atoms with Gasteiger partial charge in [0.1, 0.15) is 17.2 Å². The molecule has 0 saturated heterocycles. The van der Waals surface area contributed by atoms with Crippen LogP contribution in [0.3, 0.4) is 0 Å². The Balaban J connectivity index is 1.90. The number of rotatable bonds is 11. The summed E-state index contributed by atoms with van der Waals surface area (Å²) in [5, 5.41) is 2.74. The Labute approximate surface area is 206 Å². The van der Waals surface area contributed by atoms with Crippen molar-refractivity contribution in [1.82, 2.24) is 4.31 Å². The van der Waals surface area contributed by atoms with Crippen LogP contribution in [0, 0.1) is 6.92 Å². The molecule has 186 valence electrons. The van der Waals surface area contributed by atoms with E-state index in [1.54, 1.807) is 37.3 Å². The number of hydrogen-bond donors (Lipinski definition) is 1. The smallest absolute Gasteiger partial charge is 0.243 e. The zero-order valence-electron chi connectivity index (χ0n) is 20.3. The number of anilines is 1. The fraction of sp³-hybridized carbons (Fsp3) is 0.269. The molecule has 0 unspecified atom stereocenters. The maximum absolute atomic E-state index is 13.6. The van der Waals surface area contributed by atoms with Gasteiger partial charge in [-0.15, -0.1) is 0 Å². The van der Waals surface area contributed by atoms with E-state index in [4.69, 9.17) is 14.2 Å². The molecule has 1 amide bonds. The van der Waals surface area contributed by atoms with Crippen molar-refractivity contribution in [3.63, 3.8) is 0 Å². The van der Waals surface area contributed by atoms with Gasteiger partial charge in [-0.05, 0) is 55.3 Å². The van der Waals surface area contributed by atoms with Crippen LogP contribution in [-0.4, -0.2) is 46.0 Å². The number of benzene rings is 3. The summed E-state index contributed by atoms with van der Waals surface area (Å²) in [4.78, 5) is 13.1. The normalized spacial score (nSPS) is 11.2. The fourth-order valence-corrected chi connectivity index (χ4v) is 4.98. The molecule has 0 aliphatic carbocycles. The van der Waals surface area contributed by atoms with Crippen molar-refractivity contribution in [3.8, 4) is 17.2 Å². The summed E-state index contributed by atoms with van der Waals surface area (Å²) in [5.41, 5.74) is 1.86. The molecule has 0 spiro atoms. The highest BCUT2D eigenvalue weighted by atomic mass is 32.2. The van der Waals surface area contributed by atoms with Crippen LogP contribution in [0.4, 0.5) is 5.69 Å². The predicted octanol–water partition coefficient (Wildman–Crippen LogP) is 4.24. The number of aryl methyl sites for hydroxylation is 1. The van der Waals surface area contributed by atoms with E-state index in [9.17, 15) is 13.2 Å². The van der Waals surface area contributed by atoms with Crippen LogP contribution in [0.25, 0.3) is 0 Å². The lowest BCUT2D eigenvalue weighted by Crippen LogP contribution is -2.37. The van der Waals surface area contributed by atoms with E-state index >= 15 is 0 Å². The van der Waals surface area contributed by atoms with Crippen molar-refractivity contribution >= 4 is 21.6 Å². The van der Waals surface area contributed by atoms with E-state index in [0.717, 1.165) is 9.87 Å². The van der Waals surface area contributed by atoms with Crippen LogP contribution in [0.1, 0.15) is 18.1 Å². The standard InChI is InChI=1S/C26H30N2O6S/c1-5-34-24-14-12-22(15-19(24)2)35(30,31)28(17-20-9-7-6-8-10-20)18-26(29)27-23-13-11-21(32-3)16-25(23)33-4/h6-16H,5,17-18H2,1-4H3,(H,27,29). The topological polar surface area (TPSA) is 94.2 Å². The SMILES string of the molecule is CCOc1ccc(S(=O)(=O)N(CC(=O)Nc2ccc(OC)cc2OC)Cc2ccccc2)cc1C. The second kappa shape index (κ2) is 11.7. The van der Waals surface area contributed by atoms with Crippen molar-refractivity contribution in [2.75, 3.05) is 32.7 Å². The third-order valence-corrected chi connectivity index (χ3v) is 7.08. The van der Waals surface area contributed by atoms with Gasteiger partial charge in [0, 0.05) is 12.6 Å². The van der Waals surface area contributed by atoms with Crippen LogP contribution in [0.2, 0.25) is 0 Å². The molecule has 0 fully saturated rings. The molecule has 0 aliphatic heterocycles. The van der Waals surface area contributed by atoms with Crippen LogP contribution < -0.4 is 19.5 Å². The van der Waals surface area contributed by atoms with Crippen molar-refractivity contribution in [1.29, 1.82) is 0 Å². The molecule has 3 aromatic rings. The summed E-state index contributed by atoms with van der Waals surface area (Å²) < 4.78 is 44.4. The van der Waals surface area contributed by atoms with Gasteiger partial charge >= 0.3 is 0 Å². The van der Waals surface area contributed by atoms with E-state index in [1.807, 2.05) is 37.3 Å². The van der Waals surface area contributed by atoms with Gasteiger partial charge in [-0.3, -0.25) is 4.79 Å². The van der Waals surface area contributed by atoms with Gasteiger partial charge in [-0.1, -0.05) is 30.3 Å². The molecule has 1 N–H and O–H groups in total. The van der Waals surface area contributed by atoms with Crippen LogP contribution >= 0.6 is 0 Å². The number of sulfonamides is 1. The summed E-state index contributed by atoms with van der Waals surface area (Å²) >= 11 is 0. The minimum atomic E-state index is -4.00. The predicted molar refractivity (Wildman–Crippen MR) is 135 cm³/mol. The molecule has 0 aliphatic rings. The van der Waals surface area contributed by atoms with Gasteiger partial charge < -0.3 is 19.5 Å². The lowest BCUT2D eigenvalue weighted by molar-refractivity contribution is -0.116. The minimum Gasteiger partial charge on any atom is -0.497 e. The Bertz CT molecular complexity index is 1260.